The van der Waals surface area contributed by atoms with Crippen molar-refractivity contribution in [2.24, 2.45) is 0 Å². The van der Waals surface area contributed by atoms with E-state index in [-0.39, 0.29) is 18.7 Å². The van der Waals surface area contributed by atoms with Gasteiger partial charge in [-0.3, -0.25) is 10.1 Å². The minimum absolute atomic E-state index is 0.140. The van der Waals surface area contributed by atoms with Crippen molar-refractivity contribution >= 4 is 5.97 Å². The van der Waals surface area contributed by atoms with E-state index in [1.165, 1.54) is 26.4 Å². The van der Waals surface area contributed by atoms with Gasteiger partial charge >= 0.3 is 5.97 Å². The summed E-state index contributed by atoms with van der Waals surface area (Å²) in [6.07, 6.45) is 0.274. The van der Waals surface area contributed by atoms with E-state index >= 15 is 0 Å². The Hall–Kier alpha value is -2.93. The zero-order valence-corrected chi connectivity index (χ0v) is 15.0. The minimum Gasteiger partial charge on any atom is -0.508 e. The van der Waals surface area contributed by atoms with Crippen molar-refractivity contribution in [3.8, 4) is 23.0 Å². The van der Waals surface area contributed by atoms with Gasteiger partial charge in [-0.1, -0.05) is 12.1 Å². The van der Waals surface area contributed by atoms with Gasteiger partial charge in [0.15, 0.2) is 0 Å². The standard InChI is InChI=1S/C19H23NO6/c1-24-14-9-17(25-2)15(18(10-14)26-3)11-20-16(19(22)23)8-12-4-6-13(21)7-5-12/h4-7,9-10,16,20-21H,8,11H2,1-3H3,(H,22,23)/t16-/m0/s1. The van der Waals surface area contributed by atoms with Gasteiger partial charge in [0.25, 0.3) is 0 Å². The first kappa shape index (κ1) is 19.4. The van der Waals surface area contributed by atoms with Crippen molar-refractivity contribution < 1.29 is 29.2 Å². The van der Waals surface area contributed by atoms with Gasteiger partial charge in [0.2, 0.25) is 0 Å². The summed E-state index contributed by atoms with van der Waals surface area (Å²) in [4.78, 5) is 11.6. The first-order valence-electron chi connectivity index (χ1n) is 8.01. The van der Waals surface area contributed by atoms with Crippen LogP contribution < -0.4 is 19.5 Å². The molecule has 0 unspecified atom stereocenters. The second-order valence-corrected chi connectivity index (χ2v) is 5.65. The third kappa shape index (κ3) is 4.80. The minimum atomic E-state index is -0.968. The quantitative estimate of drug-likeness (QED) is 0.630. The van der Waals surface area contributed by atoms with E-state index in [1.807, 2.05) is 0 Å². The Morgan fingerprint density at radius 1 is 1.04 bits per heavy atom. The van der Waals surface area contributed by atoms with Gasteiger partial charge in [-0.15, -0.1) is 0 Å². The predicted octanol–water partition coefficient (Wildman–Crippen LogP) is 2.20. The number of ether oxygens (including phenoxy) is 3. The van der Waals surface area contributed by atoms with Crippen molar-refractivity contribution in [1.29, 1.82) is 0 Å². The van der Waals surface area contributed by atoms with Crippen LogP contribution in [0.4, 0.5) is 0 Å². The van der Waals surface area contributed by atoms with Gasteiger partial charge in [-0.2, -0.15) is 0 Å². The van der Waals surface area contributed by atoms with Gasteiger partial charge in [0.05, 0.1) is 26.9 Å². The molecule has 0 aliphatic rings. The van der Waals surface area contributed by atoms with Crippen LogP contribution >= 0.6 is 0 Å². The summed E-state index contributed by atoms with van der Waals surface area (Å²) in [5.74, 6) is 0.845. The molecule has 7 nitrogen and oxygen atoms in total. The molecule has 2 rings (SSSR count). The number of aromatic hydroxyl groups is 1. The van der Waals surface area contributed by atoms with Gasteiger partial charge in [0, 0.05) is 18.7 Å². The van der Waals surface area contributed by atoms with E-state index in [2.05, 4.69) is 5.32 Å². The fourth-order valence-electron chi connectivity index (χ4n) is 2.59. The first-order valence-corrected chi connectivity index (χ1v) is 8.01. The lowest BCUT2D eigenvalue weighted by molar-refractivity contribution is -0.139. The Bertz CT molecular complexity index is 719. The zero-order valence-electron chi connectivity index (χ0n) is 15.0. The lowest BCUT2D eigenvalue weighted by Gasteiger charge is -2.19. The molecule has 0 fully saturated rings. The molecule has 0 heterocycles. The second-order valence-electron chi connectivity index (χ2n) is 5.65. The number of methoxy groups -OCH3 is 3. The lowest BCUT2D eigenvalue weighted by Crippen LogP contribution is -2.38. The summed E-state index contributed by atoms with van der Waals surface area (Å²) in [7, 11) is 4.61. The maximum atomic E-state index is 11.6. The number of hydrogen-bond donors (Lipinski definition) is 3. The van der Waals surface area contributed by atoms with E-state index < -0.39 is 12.0 Å². The Balaban J connectivity index is 2.18. The Morgan fingerprint density at radius 2 is 1.62 bits per heavy atom. The summed E-state index contributed by atoms with van der Waals surface area (Å²) in [5.41, 5.74) is 1.50. The number of carboxylic acids is 1. The lowest BCUT2D eigenvalue weighted by atomic mass is 10.0. The Kier molecular flexibility index (Phi) is 6.68. The summed E-state index contributed by atoms with van der Waals surface area (Å²) >= 11 is 0. The molecule has 26 heavy (non-hydrogen) atoms. The van der Waals surface area contributed by atoms with Crippen LogP contribution in [0.1, 0.15) is 11.1 Å². The van der Waals surface area contributed by atoms with Gasteiger partial charge in [-0.05, 0) is 24.1 Å². The highest BCUT2D eigenvalue weighted by atomic mass is 16.5. The van der Waals surface area contributed by atoms with E-state index in [9.17, 15) is 15.0 Å². The number of aliphatic carboxylic acids is 1. The van der Waals surface area contributed by atoms with Crippen LogP contribution in [0.25, 0.3) is 0 Å². The summed E-state index contributed by atoms with van der Waals surface area (Å²) in [6, 6.07) is 9.08. The van der Waals surface area contributed by atoms with Gasteiger partial charge in [0.1, 0.15) is 29.0 Å². The fourth-order valence-corrected chi connectivity index (χ4v) is 2.59. The average molecular weight is 361 g/mol. The molecule has 2 aromatic rings. The monoisotopic (exact) mass is 361 g/mol. The predicted molar refractivity (Wildman–Crippen MR) is 96.2 cm³/mol. The SMILES string of the molecule is COc1cc(OC)c(CN[C@@H](Cc2ccc(O)cc2)C(=O)O)c(OC)c1. The number of nitrogens with one attached hydrogen (secondary N) is 1. The smallest absolute Gasteiger partial charge is 0.321 e. The zero-order chi connectivity index (χ0) is 19.1. The van der Waals surface area contributed by atoms with Crippen LogP contribution in [-0.4, -0.2) is 43.6 Å². The highest BCUT2D eigenvalue weighted by molar-refractivity contribution is 5.74. The number of phenolic OH excluding ortho intramolecular Hbond substituents is 1. The molecule has 0 spiro atoms. The highest BCUT2D eigenvalue weighted by Crippen LogP contribution is 2.34. The van der Waals surface area contributed by atoms with E-state index in [1.54, 1.807) is 31.4 Å². The topological polar surface area (TPSA) is 97.2 Å². The average Bonchev–Trinajstić information content (AvgIpc) is 2.65. The molecular formula is C19H23NO6. The van der Waals surface area contributed by atoms with E-state index in [4.69, 9.17) is 14.2 Å². The molecule has 3 N–H and O–H groups in total. The van der Waals surface area contributed by atoms with Crippen LogP contribution in [0, 0.1) is 0 Å². The maximum Gasteiger partial charge on any atom is 0.321 e. The summed E-state index contributed by atoms with van der Waals surface area (Å²) in [6.45, 7) is 0.241. The van der Waals surface area contributed by atoms with E-state index in [0.717, 1.165) is 5.56 Å². The molecule has 2 aromatic carbocycles. The number of carboxylic acid groups (broad SMARTS) is 1. The highest BCUT2D eigenvalue weighted by Gasteiger charge is 2.20. The molecule has 1 atom stereocenters. The van der Waals surface area contributed by atoms with Crippen molar-refractivity contribution in [2.75, 3.05) is 21.3 Å². The molecule has 140 valence electrons. The molecule has 0 aromatic heterocycles. The molecule has 0 saturated carbocycles. The third-order valence-electron chi connectivity index (χ3n) is 4.02. The Labute approximate surface area is 152 Å². The molecule has 7 heteroatoms. The van der Waals surface area contributed by atoms with Crippen molar-refractivity contribution in [2.45, 2.75) is 19.0 Å². The molecule has 0 amide bonds. The number of rotatable bonds is 9. The maximum absolute atomic E-state index is 11.6. The van der Waals surface area contributed by atoms with Crippen LogP contribution in [0.5, 0.6) is 23.0 Å². The van der Waals surface area contributed by atoms with Crippen LogP contribution in [0.15, 0.2) is 36.4 Å². The number of benzene rings is 2. The van der Waals surface area contributed by atoms with Gasteiger partial charge < -0.3 is 24.4 Å². The number of carbonyl (C=O) groups is 1. The van der Waals surface area contributed by atoms with Crippen LogP contribution in [0.2, 0.25) is 0 Å². The number of hydrogen-bond acceptors (Lipinski definition) is 6. The molecule has 0 aliphatic carbocycles. The normalized spacial score (nSPS) is 11.7. The molecule has 0 aliphatic heterocycles. The van der Waals surface area contributed by atoms with Crippen molar-refractivity contribution in [1.82, 2.24) is 5.32 Å². The first-order chi connectivity index (χ1) is 12.5. The largest absolute Gasteiger partial charge is 0.508 e. The van der Waals surface area contributed by atoms with Crippen molar-refractivity contribution in [3.05, 3.63) is 47.5 Å². The number of phenols is 1. The van der Waals surface area contributed by atoms with Gasteiger partial charge in [-0.25, -0.2) is 0 Å². The summed E-state index contributed by atoms with van der Waals surface area (Å²) in [5, 5.41) is 21.9. The van der Waals surface area contributed by atoms with Crippen LogP contribution in [0.3, 0.4) is 0 Å². The third-order valence-corrected chi connectivity index (χ3v) is 4.02. The van der Waals surface area contributed by atoms with Crippen LogP contribution in [-0.2, 0) is 17.8 Å². The Morgan fingerprint density at radius 3 is 2.08 bits per heavy atom. The molecular weight excluding hydrogens is 338 g/mol. The second kappa shape index (κ2) is 8.96. The fraction of sp³-hybridized carbons (Fsp3) is 0.316. The molecule has 0 radical (unpaired) electrons. The molecule has 0 saturated heterocycles. The molecule has 0 bridgehead atoms. The summed E-state index contributed by atoms with van der Waals surface area (Å²) < 4.78 is 16.0. The van der Waals surface area contributed by atoms with Crippen molar-refractivity contribution in [3.63, 3.8) is 0 Å². The van der Waals surface area contributed by atoms with E-state index in [0.29, 0.717) is 22.8 Å².